The van der Waals surface area contributed by atoms with Crippen molar-refractivity contribution in [1.82, 2.24) is 25.5 Å². The predicted molar refractivity (Wildman–Crippen MR) is 129 cm³/mol. The fraction of sp³-hybridized carbons (Fsp3) is 0.250. The van der Waals surface area contributed by atoms with Gasteiger partial charge in [0, 0.05) is 24.1 Å². The number of nitrogen functional groups attached to an aromatic ring is 1. The van der Waals surface area contributed by atoms with Crippen molar-refractivity contribution in [2.75, 3.05) is 26.0 Å². The first-order chi connectivity index (χ1) is 16.6. The van der Waals surface area contributed by atoms with Gasteiger partial charge in [-0.2, -0.15) is 0 Å². The topological polar surface area (TPSA) is 135 Å². The van der Waals surface area contributed by atoms with Crippen LogP contribution in [0.1, 0.15) is 12.0 Å². The number of nitrogens with zero attached hydrogens (tertiary/aromatic N) is 4. The average Bonchev–Trinajstić information content (AvgIpc) is 3.58. The van der Waals surface area contributed by atoms with E-state index in [0.717, 1.165) is 34.6 Å². The van der Waals surface area contributed by atoms with E-state index >= 15 is 0 Å². The molecule has 174 valence electrons. The number of aromatic nitrogens is 4. The molecule has 5 rings (SSSR count). The Hall–Kier alpha value is -3.31. The summed E-state index contributed by atoms with van der Waals surface area (Å²) < 4.78 is 23.9. The Bertz CT molecular complexity index is 1260. The largest absolute Gasteiger partial charge is 0.611 e. The zero-order valence-corrected chi connectivity index (χ0v) is 19.4. The van der Waals surface area contributed by atoms with E-state index in [-0.39, 0.29) is 17.0 Å². The molecule has 2 aromatic heterocycles. The van der Waals surface area contributed by atoms with Crippen LogP contribution in [0.4, 0.5) is 5.82 Å². The van der Waals surface area contributed by atoms with Gasteiger partial charge in [-0.15, -0.1) is 10.2 Å². The minimum Gasteiger partial charge on any atom is -0.611 e. The van der Waals surface area contributed by atoms with Gasteiger partial charge < -0.3 is 24.8 Å². The molecule has 1 saturated heterocycles. The van der Waals surface area contributed by atoms with Gasteiger partial charge in [-0.25, -0.2) is 9.97 Å². The molecule has 1 aliphatic rings. The summed E-state index contributed by atoms with van der Waals surface area (Å²) in [5.74, 6) is 0.766. The van der Waals surface area contributed by atoms with Gasteiger partial charge in [-0.3, -0.25) is 0 Å². The minimum absolute atomic E-state index is 0.0417. The second-order valence-electron chi connectivity index (χ2n) is 7.94. The van der Waals surface area contributed by atoms with Crippen LogP contribution in [0.3, 0.4) is 0 Å². The lowest BCUT2D eigenvalue weighted by Gasteiger charge is -2.15. The Balaban J connectivity index is 1.38. The van der Waals surface area contributed by atoms with Crippen LogP contribution in [0.15, 0.2) is 64.0 Å². The van der Waals surface area contributed by atoms with Gasteiger partial charge in [0.2, 0.25) is 5.89 Å². The SMILES string of the molecule is CNCc1ccc(-c2nnc(-c3nc(-c4ccc([S+]([O-])C5CCOC5)cc4)cnc3N)o2)cc1. The van der Waals surface area contributed by atoms with E-state index in [2.05, 4.69) is 25.5 Å². The van der Waals surface area contributed by atoms with Gasteiger partial charge in [0.15, 0.2) is 16.4 Å². The van der Waals surface area contributed by atoms with Crippen LogP contribution in [0.2, 0.25) is 0 Å². The summed E-state index contributed by atoms with van der Waals surface area (Å²) in [7, 11) is 1.90. The van der Waals surface area contributed by atoms with Crippen molar-refractivity contribution in [2.24, 2.45) is 0 Å². The molecule has 0 amide bonds. The van der Waals surface area contributed by atoms with Crippen LogP contribution < -0.4 is 11.1 Å². The van der Waals surface area contributed by atoms with Gasteiger partial charge in [0.25, 0.3) is 5.89 Å². The third-order valence-electron chi connectivity index (χ3n) is 5.58. The Morgan fingerprint density at radius 2 is 1.79 bits per heavy atom. The number of ether oxygens (including phenoxy) is 1. The molecule has 0 bridgehead atoms. The van der Waals surface area contributed by atoms with E-state index in [1.54, 1.807) is 6.20 Å². The molecule has 10 heteroatoms. The number of nitrogens with two attached hydrogens (primary N) is 1. The summed E-state index contributed by atoms with van der Waals surface area (Å²) in [4.78, 5) is 9.66. The lowest BCUT2D eigenvalue weighted by Crippen LogP contribution is -2.21. The van der Waals surface area contributed by atoms with Gasteiger partial charge in [-0.1, -0.05) is 12.1 Å². The fourth-order valence-electron chi connectivity index (χ4n) is 3.73. The maximum Gasteiger partial charge on any atom is 0.270 e. The summed E-state index contributed by atoms with van der Waals surface area (Å²) >= 11 is -1.10. The van der Waals surface area contributed by atoms with Crippen molar-refractivity contribution >= 4 is 17.0 Å². The normalized spacial score (nSPS) is 16.6. The summed E-state index contributed by atoms with van der Waals surface area (Å²) in [6, 6.07) is 15.3. The highest BCUT2D eigenvalue weighted by atomic mass is 32.2. The molecule has 2 unspecified atom stereocenters. The van der Waals surface area contributed by atoms with E-state index in [1.807, 2.05) is 55.6 Å². The van der Waals surface area contributed by atoms with Gasteiger partial charge >= 0.3 is 0 Å². The quantitative estimate of drug-likeness (QED) is 0.386. The summed E-state index contributed by atoms with van der Waals surface area (Å²) in [5, 5.41) is 11.4. The van der Waals surface area contributed by atoms with Crippen LogP contribution in [0.5, 0.6) is 0 Å². The van der Waals surface area contributed by atoms with Crippen LogP contribution >= 0.6 is 0 Å². The van der Waals surface area contributed by atoms with Crippen LogP contribution in [-0.2, 0) is 22.5 Å². The minimum atomic E-state index is -1.10. The van der Waals surface area contributed by atoms with Crippen molar-refractivity contribution < 1.29 is 13.7 Å². The second kappa shape index (κ2) is 9.90. The highest BCUT2D eigenvalue weighted by molar-refractivity contribution is 7.92. The van der Waals surface area contributed by atoms with Crippen molar-refractivity contribution in [3.63, 3.8) is 0 Å². The Morgan fingerprint density at radius 1 is 1.06 bits per heavy atom. The molecule has 3 N–H and O–H groups in total. The number of nitrogens with one attached hydrogen (secondary N) is 1. The third kappa shape index (κ3) is 4.66. The molecule has 9 nitrogen and oxygen atoms in total. The Labute approximate surface area is 200 Å². The van der Waals surface area contributed by atoms with Crippen molar-refractivity contribution in [3.8, 4) is 34.3 Å². The monoisotopic (exact) mass is 476 g/mol. The lowest BCUT2D eigenvalue weighted by atomic mass is 10.1. The van der Waals surface area contributed by atoms with Crippen LogP contribution in [0.25, 0.3) is 34.3 Å². The molecular weight excluding hydrogens is 452 g/mol. The highest BCUT2D eigenvalue weighted by Crippen LogP contribution is 2.29. The molecule has 0 saturated carbocycles. The third-order valence-corrected chi connectivity index (χ3v) is 7.30. The smallest absolute Gasteiger partial charge is 0.270 e. The van der Waals surface area contributed by atoms with Gasteiger partial charge in [-0.05, 0) is 60.2 Å². The number of hydrogen-bond acceptors (Lipinski definition) is 9. The molecule has 4 aromatic rings. The molecular formula is C24H24N6O3S. The molecule has 0 spiro atoms. The summed E-state index contributed by atoms with van der Waals surface area (Å²) in [6.45, 7) is 1.98. The molecule has 0 radical (unpaired) electrons. The van der Waals surface area contributed by atoms with E-state index in [4.69, 9.17) is 14.9 Å². The zero-order chi connectivity index (χ0) is 23.5. The molecule has 34 heavy (non-hydrogen) atoms. The van der Waals surface area contributed by atoms with Gasteiger partial charge in [0.05, 0.1) is 25.1 Å². The Morgan fingerprint density at radius 3 is 2.50 bits per heavy atom. The van der Waals surface area contributed by atoms with Crippen molar-refractivity contribution in [3.05, 3.63) is 60.3 Å². The average molecular weight is 477 g/mol. The predicted octanol–water partition coefficient (Wildman–Crippen LogP) is 3.06. The highest BCUT2D eigenvalue weighted by Gasteiger charge is 2.29. The number of rotatable bonds is 7. The summed E-state index contributed by atoms with van der Waals surface area (Å²) in [5.41, 5.74) is 9.76. The first kappa shape index (κ1) is 22.5. The zero-order valence-electron chi connectivity index (χ0n) is 18.6. The maximum absolute atomic E-state index is 12.7. The second-order valence-corrected chi connectivity index (χ2v) is 9.67. The molecule has 1 fully saturated rings. The molecule has 0 aliphatic carbocycles. The number of hydrogen-bond donors (Lipinski definition) is 2. The molecule has 2 atom stereocenters. The maximum atomic E-state index is 12.7. The van der Waals surface area contributed by atoms with Crippen LogP contribution in [0, 0.1) is 0 Å². The van der Waals surface area contributed by atoms with Crippen molar-refractivity contribution in [1.29, 1.82) is 0 Å². The van der Waals surface area contributed by atoms with E-state index < -0.39 is 11.2 Å². The molecule has 3 heterocycles. The van der Waals surface area contributed by atoms with E-state index in [9.17, 15) is 4.55 Å². The van der Waals surface area contributed by atoms with Crippen LogP contribution in [-0.4, -0.2) is 50.2 Å². The van der Waals surface area contributed by atoms with Gasteiger partial charge in [0.1, 0.15) is 5.25 Å². The molecule has 1 aliphatic heterocycles. The van der Waals surface area contributed by atoms with E-state index in [1.165, 1.54) is 0 Å². The summed E-state index contributed by atoms with van der Waals surface area (Å²) in [6.07, 6.45) is 2.40. The fourth-order valence-corrected chi connectivity index (χ4v) is 5.05. The number of benzene rings is 2. The lowest BCUT2D eigenvalue weighted by molar-refractivity contribution is 0.198. The standard InChI is InChI=1S/C24H24N6O3S/c1-26-12-15-2-4-17(5-3-15)23-29-30-24(33-23)21-22(25)27-13-20(28-21)16-6-8-18(9-7-16)34(31)19-10-11-32-14-19/h2-9,13,19,26H,10-12,14H2,1H3,(H2,25,27). The van der Waals surface area contributed by atoms with Crippen molar-refractivity contribution in [2.45, 2.75) is 23.1 Å². The molecule has 2 aromatic carbocycles. The Kier molecular flexibility index (Phi) is 6.54. The van der Waals surface area contributed by atoms with E-state index in [0.29, 0.717) is 30.5 Å². The first-order valence-corrected chi connectivity index (χ1v) is 12.1. The first-order valence-electron chi connectivity index (χ1n) is 10.9. The number of anilines is 1.